The maximum atomic E-state index is 11.1. The standard InChI is InChI=1S/C22H20N4O2/c23-15-18-7-9-19(10-8-18)16-25(13-11-21-5-1-2-12-24-21)17-20-4-3-6-22(14-20)26(27)28/h1-10,12,14H,11,13,16-17H2. The van der Waals surface area contributed by atoms with Crippen LogP contribution >= 0.6 is 0 Å². The molecule has 2 aromatic carbocycles. The average molecular weight is 372 g/mol. The fourth-order valence-corrected chi connectivity index (χ4v) is 3.00. The van der Waals surface area contributed by atoms with E-state index < -0.39 is 0 Å². The highest BCUT2D eigenvalue weighted by Gasteiger charge is 2.11. The van der Waals surface area contributed by atoms with Crippen LogP contribution < -0.4 is 0 Å². The summed E-state index contributed by atoms with van der Waals surface area (Å²) in [6.45, 7) is 2.04. The Balaban J connectivity index is 1.75. The SMILES string of the molecule is N#Cc1ccc(CN(CCc2ccccn2)Cc2cccc([N+](=O)[O-])c2)cc1. The molecule has 3 aromatic rings. The number of non-ortho nitro benzene ring substituents is 1. The average Bonchev–Trinajstić information content (AvgIpc) is 2.73. The quantitative estimate of drug-likeness (QED) is 0.439. The molecule has 0 aliphatic rings. The minimum absolute atomic E-state index is 0.0977. The van der Waals surface area contributed by atoms with E-state index in [2.05, 4.69) is 16.0 Å². The van der Waals surface area contributed by atoms with E-state index in [1.165, 1.54) is 6.07 Å². The first-order valence-electron chi connectivity index (χ1n) is 8.98. The lowest BCUT2D eigenvalue weighted by Gasteiger charge is -2.22. The van der Waals surface area contributed by atoms with E-state index >= 15 is 0 Å². The molecule has 0 atom stereocenters. The molecule has 6 heteroatoms. The van der Waals surface area contributed by atoms with Crippen molar-refractivity contribution in [3.63, 3.8) is 0 Å². The highest BCUT2D eigenvalue weighted by Crippen LogP contribution is 2.17. The van der Waals surface area contributed by atoms with Crippen LogP contribution in [-0.4, -0.2) is 21.4 Å². The minimum Gasteiger partial charge on any atom is -0.294 e. The molecule has 0 N–H and O–H groups in total. The molecule has 0 radical (unpaired) electrons. The maximum absolute atomic E-state index is 11.1. The van der Waals surface area contributed by atoms with Crippen LogP contribution in [0.1, 0.15) is 22.4 Å². The molecule has 0 saturated heterocycles. The Labute approximate surface area is 163 Å². The summed E-state index contributed by atoms with van der Waals surface area (Å²) in [5.41, 5.74) is 3.71. The van der Waals surface area contributed by atoms with Crippen molar-refractivity contribution in [3.05, 3.63) is 105 Å². The molecule has 1 aromatic heterocycles. The molecule has 0 amide bonds. The van der Waals surface area contributed by atoms with Gasteiger partial charge in [-0.1, -0.05) is 30.3 Å². The van der Waals surface area contributed by atoms with E-state index in [1.807, 2.05) is 36.4 Å². The molecule has 28 heavy (non-hydrogen) atoms. The summed E-state index contributed by atoms with van der Waals surface area (Å²) in [7, 11) is 0. The van der Waals surface area contributed by atoms with Crippen LogP contribution in [0, 0.1) is 21.4 Å². The Bertz CT molecular complexity index is 966. The van der Waals surface area contributed by atoms with Crippen molar-refractivity contribution in [2.75, 3.05) is 6.54 Å². The normalized spacial score (nSPS) is 10.6. The third kappa shape index (κ3) is 5.47. The van der Waals surface area contributed by atoms with Crippen molar-refractivity contribution < 1.29 is 4.92 Å². The van der Waals surface area contributed by atoms with Crippen LogP contribution in [0.5, 0.6) is 0 Å². The third-order valence-electron chi connectivity index (χ3n) is 4.43. The van der Waals surface area contributed by atoms with Crippen LogP contribution in [0.3, 0.4) is 0 Å². The van der Waals surface area contributed by atoms with Gasteiger partial charge in [0.05, 0.1) is 16.6 Å². The van der Waals surface area contributed by atoms with Crippen LogP contribution in [0.15, 0.2) is 72.9 Å². The molecule has 0 fully saturated rings. The largest absolute Gasteiger partial charge is 0.294 e. The maximum Gasteiger partial charge on any atom is 0.269 e. The van der Waals surface area contributed by atoms with Gasteiger partial charge in [-0.05, 0) is 35.4 Å². The molecule has 6 nitrogen and oxygen atoms in total. The molecule has 0 spiro atoms. The van der Waals surface area contributed by atoms with Gasteiger partial charge in [0.15, 0.2) is 0 Å². The highest BCUT2D eigenvalue weighted by atomic mass is 16.6. The predicted molar refractivity (Wildman–Crippen MR) is 106 cm³/mol. The molecule has 0 aliphatic heterocycles. The molecule has 140 valence electrons. The van der Waals surface area contributed by atoms with Gasteiger partial charge in [-0.15, -0.1) is 0 Å². The second-order valence-electron chi connectivity index (χ2n) is 6.52. The monoisotopic (exact) mass is 372 g/mol. The van der Waals surface area contributed by atoms with Crippen molar-refractivity contribution >= 4 is 5.69 Å². The van der Waals surface area contributed by atoms with Crippen LogP contribution in [0.2, 0.25) is 0 Å². The number of benzene rings is 2. The van der Waals surface area contributed by atoms with Gasteiger partial charge in [-0.3, -0.25) is 20.0 Å². The Morgan fingerprint density at radius 1 is 1.00 bits per heavy atom. The summed E-state index contributed by atoms with van der Waals surface area (Å²) in [5.74, 6) is 0. The summed E-state index contributed by atoms with van der Waals surface area (Å²) in [4.78, 5) is 17.3. The van der Waals surface area contributed by atoms with Crippen molar-refractivity contribution in [1.82, 2.24) is 9.88 Å². The van der Waals surface area contributed by atoms with E-state index in [0.29, 0.717) is 18.7 Å². The van der Waals surface area contributed by atoms with E-state index in [-0.39, 0.29) is 10.6 Å². The van der Waals surface area contributed by atoms with Gasteiger partial charge < -0.3 is 0 Å². The predicted octanol–water partition coefficient (Wildman–Crippen LogP) is 4.11. The lowest BCUT2D eigenvalue weighted by Crippen LogP contribution is -2.25. The zero-order valence-electron chi connectivity index (χ0n) is 15.4. The number of hydrogen-bond acceptors (Lipinski definition) is 5. The topological polar surface area (TPSA) is 83.1 Å². The van der Waals surface area contributed by atoms with Crippen molar-refractivity contribution in [2.24, 2.45) is 0 Å². The smallest absolute Gasteiger partial charge is 0.269 e. The number of hydrogen-bond donors (Lipinski definition) is 0. The Morgan fingerprint density at radius 2 is 1.79 bits per heavy atom. The lowest BCUT2D eigenvalue weighted by molar-refractivity contribution is -0.384. The molecule has 0 aliphatic carbocycles. The van der Waals surface area contributed by atoms with Crippen molar-refractivity contribution in [3.8, 4) is 6.07 Å². The van der Waals surface area contributed by atoms with Crippen LogP contribution in [-0.2, 0) is 19.5 Å². The Kier molecular flexibility index (Phi) is 6.45. The van der Waals surface area contributed by atoms with Gasteiger partial charge in [-0.25, -0.2) is 0 Å². The zero-order valence-corrected chi connectivity index (χ0v) is 15.4. The van der Waals surface area contributed by atoms with Crippen molar-refractivity contribution in [2.45, 2.75) is 19.5 Å². The van der Waals surface area contributed by atoms with Gasteiger partial charge in [-0.2, -0.15) is 5.26 Å². The summed E-state index contributed by atoms with van der Waals surface area (Å²) in [6.07, 6.45) is 2.56. The fourth-order valence-electron chi connectivity index (χ4n) is 3.00. The van der Waals surface area contributed by atoms with E-state index in [1.54, 1.807) is 30.5 Å². The number of nitro groups is 1. The first-order chi connectivity index (χ1) is 13.6. The number of pyridine rings is 1. The molecular weight excluding hydrogens is 352 g/mol. The zero-order chi connectivity index (χ0) is 19.8. The highest BCUT2D eigenvalue weighted by molar-refractivity contribution is 5.34. The number of nitro benzene ring substituents is 1. The summed E-state index contributed by atoms with van der Waals surface area (Å²) in [6, 6.07) is 22.2. The van der Waals surface area contributed by atoms with Gasteiger partial charge in [0, 0.05) is 50.1 Å². The van der Waals surface area contributed by atoms with E-state index in [4.69, 9.17) is 5.26 Å². The number of aromatic nitrogens is 1. The van der Waals surface area contributed by atoms with Gasteiger partial charge >= 0.3 is 0 Å². The Morgan fingerprint density at radius 3 is 2.46 bits per heavy atom. The molecule has 0 saturated carbocycles. The van der Waals surface area contributed by atoms with E-state index in [0.717, 1.165) is 29.8 Å². The first kappa shape index (κ1) is 19.2. The van der Waals surface area contributed by atoms with Crippen molar-refractivity contribution in [1.29, 1.82) is 5.26 Å². The van der Waals surface area contributed by atoms with Crippen LogP contribution in [0.25, 0.3) is 0 Å². The third-order valence-corrected chi connectivity index (χ3v) is 4.43. The van der Waals surface area contributed by atoms with Gasteiger partial charge in [0.25, 0.3) is 5.69 Å². The van der Waals surface area contributed by atoms with E-state index in [9.17, 15) is 10.1 Å². The fraction of sp³-hybridized carbons (Fsp3) is 0.182. The molecule has 3 rings (SSSR count). The number of nitriles is 1. The second kappa shape index (κ2) is 9.40. The molecule has 1 heterocycles. The number of rotatable bonds is 8. The first-order valence-corrected chi connectivity index (χ1v) is 8.98. The number of nitrogens with zero attached hydrogens (tertiary/aromatic N) is 4. The Hall–Kier alpha value is -3.56. The van der Waals surface area contributed by atoms with Gasteiger partial charge in [0.2, 0.25) is 0 Å². The van der Waals surface area contributed by atoms with Gasteiger partial charge in [0.1, 0.15) is 0 Å². The summed E-state index contributed by atoms with van der Waals surface area (Å²) < 4.78 is 0. The minimum atomic E-state index is -0.373. The lowest BCUT2D eigenvalue weighted by atomic mass is 10.1. The summed E-state index contributed by atoms with van der Waals surface area (Å²) >= 11 is 0. The second-order valence-corrected chi connectivity index (χ2v) is 6.52. The molecular formula is C22H20N4O2. The molecule has 0 unspecified atom stereocenters. The molecule has 0 bridgehead atoms. The van der Waals surface area contributed by atoms with Crippen LogP contribution in [0.4, 0.5) is 5.69 Å². The summed E-state index contributed by atoms with van der Waals surface area (Å²) in [5, 5.41) is 20.0.